The van der Waals surface area contributed by atoms with Crippen LogP contribution in [0.5, 0.6) is 5.75 Å². The van der Waals surface area contributed by atoms with Gasteiger partial charge in [-0.2, -0.15) is 5.26 Å². The summed E-state index contributed by atoms with van der Waals surface area (Å²) in [6.07, 6.45) is 0. The van der Waals surface area contributed by atoms with E-state index in [9.17, 15) is 9.65 Å². The van der Waals surface area contributed by atoms with Gasteiger partial charge < -0.3 is 10.5 Å². The molecule has 25 heavy (non-hydrogen) atoms. The van der Waals surface area contributed by atoms with E-state index < -0.39 is 0 Å². The van der Waals surface area contributed by atoms with Crippen LogP contribution in [0.1, 0.15) is 11.1 Å². The topological polar surface area (TPSA) is 71.9 Å². The number of aromatic nitrogens is 1. The second-order valence-electron chi connectivity index (χ2n) is 5.57. The molecule has 5 heteroatoms. The number of rotatable bonds is 3. The number of hydrogen-bond donors (Lipinski definition) is 1. The summed E-state index contributed by atoms with van der Waals surface area (Å²) in [5.41, 5.74) is 10.1. The fourth-order valence-electron chi connectivity index (χ4n) is 2.81. The number of nitrogens with two attached hydrogens (primary N) is 1. The first-order valence-corrected chi connectivity index (χ1v) is 7.65. The molecule has 1 heterocycles. The number of nitrogens with zero attached hydrogens (tertiary/aromatic N) is 2. The van der Waals surface area contributed by atoms with Crippen molar-refractivity contribution < 1.29 is 9.13 Å². The van der Waals surface area contributed by atoms with Gasteiger partial charge in [0.2, 0.25) is 0 Å². The Morgan fingerprint density at radius 2 is 1.64 bits per heavy atom. The minimum absolute atomic E-state index is 0.151. The number of hydrogen-bond acceptors (Lipinski definition) is 4. The fourth-order valence-corrected chi connectivity index (χ4v) is 2.81. The first-order valence-electron chi connectivity index (χ1n) is 7.65. The zero-order chi connectivity index (χ0) is 18.0. The summed E-state index contributed by atoms with van der Waals surface area (Å²) in [7, 11) is 1.60. The molecule has 0 saturated carbocycles. The summed E-state index contributed by atoms with van der Waals surface area (Å²) in [6.45, 7) is 1.88. The van der Waals surface area contributed by atoms with Crippen molar-refractivity contribution in [2.45, 2.75) is 6.92 Å². The Labute approximate surface area is 145 Å². The van der Waals surface area contributed by atoms with Gasteiger partial charge in [-0.05, 0) is 54.4 Å². The van der Waals surface area contributed by atoms with E-state index in [4.69, 9.17) is 10.5 Å². The van der Waals surface area contributed by atoms with Gasteiger partial charge in [-0.3, -0.25) is 0 Å². The molecule has 0 saturated heterocycles. The maximum absolute atomic E-state index is 13.2. The van der Waals surface area contributed by atoms with Crippen LogP contribution in [0.15, 0.2) is 48.5 Å². The van der Waals surface area contributed by atoms with E-state index in [-0.39, 0.29) is 11.6 Å². The van der Waals surface area contributed by atoms with Crippen molar-refractivity contribution >= 4 is 5.82 Å². The molecule has 0 spiro atoms. The van der Waals surface area contributed by atoms with Crippen molar-refractivity contribution in [1.82, 2.24) is 4.98 Å². The number of pyridine rings is 1. The number of anilines is 1. The molecule has 124 valence electrons. The minimum atomic E-state index is -0.321. The monoisotopic (exact) mass is 333 g/mol. The molecule has 0 unspecified atom stereocenters. The quantitative estimate of drug-likeness (QED) is 0.774. The molecule has 0 amide bonds. The van der Waals surface area contributed by atoms with Crippen molar-refractivity contribution in [3.8, 4) is 34.2 Å². The lowest BCUT2D eigenvalue weighted by molar-refractivity contribution is 0.415. The molecule has 4 nitrogen and oxygen atoms in total. The summed E-state index contributed by atoms with van der Waals surface area (Å²) in [6, 6.07) is 15.6. The average Bonchev–Trinajstić information content (AvgIpc) is 2.64. The Kier molecular flexibility index (Phi) is 4.36. The van der Waals surface area contributed by atoms with Crippen LogP contribution < -0.4 is 10.5 Å². The van der Waals surface area contributed by atoms with E-state index in [0.717, 1.165) is 28.0 Å². The lowest BCUT2D eigenvalue weighted by Crippen LogP contribution is -2.03. The second-order valence-corrected chi connectivity index (χ2v) is 5.57. The summed E-state index contributed by atoms with van der Waals surface area (Å²) in [5, 5.41) is 9.54. The predicted octanol–water partition coefficient (Wildman–Crippen LogP) is 4.33. The number of benzene rings is 2. The van der Waals surface area contributed by atoms with E-state index in [2.05, 4.69) is 11.1 Å². The van der Waals surface area contributed by atoms with Crippen LogP contribution in [0.2, 0.25) is 0 Å². The molecule has 0 aliphatic rings. The number of methoxy groups -OCH3 is 1. The summed E-state index contributed by atoms with van der Waals surface area (Å²) in [5.74, 6) is 0.553. The minimum Gasteiger partial charge on any atom is -0.497 e. The largest absolute Gasteiger partial charge is 0.497 e. The first kappa shape index (κ1) is 16.5. The van der Waals surface area contributed by atoms with E-state index in [1.807, 2.05) is 31.2 Å². The van der Waals surface area contributed by atoms with E-state index in [1.165, 1.54) is 12.1 Å². The molecule has 0 radical (unpaired) electrons. The van der Waals surface area contributed by atoms with Crippen LogP contribution in [0.3, 0.4) is 0 Å². The molecule has 2 N–H and O–H groups in total. The smallest absolute Gasteiger partial charge is 0.142 e. The molecule has 3 aromatic rings. The Hall–Kier alpha value is -3.39. The number of nitriles is 1. The average molecular weight is 333 g/mol. The van der Waals surface area contributed by atoms with Crippen LogP contribution in [0.25, 0.3) is 22.4 Å². The van der Waals surface area contributed by atoms with Crippen LogP contribution >= 0.6 is 0 Å². The summed E-state index contributed by atoms with van der Waals surface area (Å²) >= 11 is 0. The Bertz CT molecular complexity index is 958. The number of ether oxygens (including phenoxy) is 1. The summed E-state index contributed by atoms with van der Waals surface area (Å²) in [4.78, 5) is 4.37. The summed E-state index contributed by atoms with van der Waals surface area (Å²) < 4.78 is 18.4. The van der Waals surface area contributed by atoms with Gasteiger partial charge in [0.25, 0.3) is 0 Å². The molecule has 0 fully saturated rings. The van der Waals surface area contributed by atoms with Gasteiger partial charge >= 0.3 is 0 Å². The highest BCUT2D eigenvalue weighted by atomic mass is 19.1. The number of nitrogen functional groups attached to an aromatic ring is 1. The maximum Gasteiger partial charge on any atom is 0.142 e. The van der Waals surface area contributed by atoms with Gasteiger partial charge in [0.05, 0.1) is 12.8 Å². The van der Waals surface area contributed by atoms with Crippen LogP contribution in [-0.4, -0.2) is 12.1 Å². The Balaban J connectivity index is 2.25. The Morgan fingerprint density at radius 3 is 2.20 bits per heavy atom. The predicted molar refractivity (Wildman–Crippen MR) is 95.5 cm³/mol. The lowest BCUT2D eigenvalue weighted by atomic mass is 9.93. The molecule has 0 aliphatic heterocycles. The van der Waals surface area contributed by atoms with Gasteiger partial charge in [-0.1, -0.05) is 12.1 Å². The van der Waals surface area contributed by atoms with E-state index in [0.29, 0.717) is 11.3 Å². The third kappa shape index (κ3) is 3.02. The van der Waals surface area contributed by atoms with Gasteiger partial charge in [-0.25, -0.2) is 9.37 Å². The molecule has 0 bridgehead atoms. The van der Waals surface area contributed by atoms with Crippen LogP contribution in [-0.2, 0) is 0 Å². The molecular formula is C20H16FN3O. The SMILES string of the molecule is COc1ccc(-c2c(C)c(-c3ccc(F)cc3)nc(N)c2C#N)cc1. The van der Waals surface area contributed by atoms with Crippen molar-refractivity contribution in [3.05, 3.63) is 65.5 Å². The molecule has 3 rings (SSSR count). The first-order chi connectivity index (χ1) is 12.0. The molecule has 0 aliphatic carbocycles. The highest BCUT2D eigenvalue weighted by Crippen LogP contribution is 2.36. The zero-order valence-corrected chi connectivity index (χ0v) is 13.9. The van der Waals surface area contributed by atoms with Gasteiger partial charge in [0.15, 0.2) is 0 Å². The standard InChI is InChI=1S/C20H16FN3O/c1-12-18(13-5-9-16(25-2)10-6-13)17(11-22)20(23)24-19(12)14-3-7-15(21)8-4-14/h3-10H,1-2H3,(H2,23,24). The van der Waals surface area contributed by atoms with Crippen molar-refractivity contribution in [2.75, 3.05) is 12.8 Å². The van der Waals surface area contributed by atoms with Crippen molar-refractivity contribution in [1.29, 1.82) is 5.26 Å². The van der Waals surface area contributed by atoms with Crippen LogP contribution in [0.4, 0.5) is 10.2 Å². The highest BCUT2D eigenvalue weighted by molar-refractivity contribution is 5.84. The molecule has 0 atom stereocenters. The normalized spacial score (nSPS) is 10.3. The van der Waals surface area contributed by atoms with Gasteiger partial charge in [0, 0.05) is 11.1 Å². The number of halogens is 1. The van der Waals surface area contributed by atoms with E-state index in [1.54, 1.807) is 19.2 Å². The third-order valence-electron chi connectivity index (χ3n) is 4.08. The highest BCUT2D eigenvalue weighted by Gasteiger charge is 2.18. The lowest BCUT2D eigenvalue weighted by Gasteiger charge is -2.15. The van der Waals surface area contributed by atoms with Crippen molar-refractivity contribution in [3.63, 3.8) is 0 Å². The zero-order valence-electron chi connectivity index (χ0n) is 13.9. The van der Waals surface area contributed by atoms with Gasteiger partial charge in [-0.15, -0.1) is 0 Å². The van der Waals surface area contributed by atoms with Crippen molar-refractivity contribution in [2.24, 2.45) is 0 Å². The van der Waals surface area contributed by atoms with Gasteiger partial charge in [0.1, 0.15) is 29.0 Å². The molecule has 1 aromatic heterocycles. The van der Waals surface area contributed by atoms with E-state index >= 15 is 0 Å². The molecule has 2 aromatic carbocycles. The van der Waals surface area contributed by atoms with Crippen LogP contribution in [0, 0.1) is 24.1 Å². The fraction of sp³-hybridized carbons (Fsp3) is 0.100. The molecular weight excluding hydrogens is 317 g/mol. The third-order valence-corrected chi connectivity index (χ3v) is 4.08. The Morgan fingerprint density at radius 1 is 1.04 bits per heavy atom. The second kappa shape index (κ2) is 6.62. The maximum atomic E-state index is 13.2.